The van der Waals surface area contributed by atoms with Crippen molar-refractivity contribution in [3.63, 3.8) is 0 Å². The molecule has 2 rings (SSSR count). The lowest BCUT2D eigenvalue weighted by molar-refractivity contribution is -0.117. The van der Waals surface area contributed by atoms with Crippen molar-refractivity contribution >= 4 is 27.5 Å². The summed E-state index contributed by atoms with van der Waals surface area (Å²) in [5, 5.41) is 3.81. The molecule has 0 bridgehead atoms. The highest BCUT2D eigenvalue weighted by molar-refractivity contribution is 9.08. The monoisotopic (exact) mass is 331 g/mol. The van der Waals surface area contributed by atoms with Crippen LogP contribution in [-0.4, -0.2) is 5.91 Å². The molecule has 0 aliphatic carbocycles. The summed E-state index contributed by atoms with van der Waals surface area (Å²) in [7, 11) is 0. The maximum Gasteiger partial charge on any atom is 0.231 e. The van der Waals surface area contributed by atoms with Gasteiger partial charge in [-0.3, -0.25) is 4.79 Å². The van der Waals surface area contributed by atoms with Crippen molar-refractivity contribution in [1.29, 1.82) is 0 Å². The molecule has 2 nitrogen and oxygen atoms in total. The summed E-state index contributed by atoms with van der Waals surface area (Å²) in [6, 6.07) is 17.8. The van der Waals surface area contributed by atoms with Crippen LogP contribution in [0.5, 0.6) is 0 Å². The molecule has 3 heteroatoms. The maximum atomic E-state index is 12.4. The van der Waals surface area contributed by atoms with E-state index >= 15 is 0 Å². The van der Waals surface area contributed by atoms with Gasteiger partial charge in [0, 0.05) is 11.0 Å². The Labute approximate surface area is 128 Å². The smallest absolute Gasteiger partial charge is 0.231 e. The zero-order valence-corrected chi connectivity index (χ0v) is 13.1. The number of alkyl halides is 1. The van der Waals surface area contributed by atoms with E-state index in [4.69, 9.17) is 0 Å². The minimum atomic E-state index is -0.105. The largest absolute Gasteiger partial charge is 0.326 e. The van der Waals surface area contributed by atoms with Crippen LogP contribution in [0.3, 0.4) is 0 Å². The highest BCUT2D eigenvalue weighted by atomic mass is 79.9. The number of hydrogen-bond donors (Lipinski definition) is 1. The third kappa shape index (κ3) is 3.70. The van der Waals surface area contributed by atoms with Crippen LogP contribution in [0.25, 0.3) is 0 Å². The lowest BCUT2D eigenvalue weighted by Crippen LogP contribution is -2.20. The Kier molecular flexibility index (Phi) is 5.36. The summed E-state index contributed by atoms with van der Waals surface area (Å²) in [5.74, 6) is -0.0580. The van der Waals surface area contributed by atoms with Crippen molar-refractivity contribution < 1.29 is 4.79 Å². The van der Waals surface area contributed by atoms with E-state index in [0.29, 0.717) is 0 Å². The number of carbonyl (C=O) groups is 1. The minimum absolute atomic E-state index is 0.0466. The molecule has 0 fully saturated rings. The Morgan fingerprint density at radius 2 is 1.75 bits per heavy atom. The first-order valence-electron chi connectivity index (χ1n) is 6.75. The molecule has 0 aliphatic rings. The van der Waals surface area contributed by atoms with E-state index in [1.807, 2.05) is 61.5 Å². The predicted octanol–water partition coefficient (Wildman–Crippen LogP) is 4.71. The number of amides is 1. The van der Waals surface area contributed by atoms with Gasteiger partial charge in [0.05, 0.1) is 5.92 Å². The van der Waals surface area contributed by atoms with E-state index in [9.17, 15) is 4.79 Å². The molecule has 0 aromatic heterocycles. The fourth-order valence-electron chi connectivity index (χ4n) is 2.16. The summed E-state index contributed by atoms with van der Waals surface area (Å²) >= 11 is 3.41. The van der Waals surface area contributed by atoms with Crippen molar-refractivity contribution in [1.82, 2.24) is 0 Å². The van der Waals surface area contributed by atoms with Crippen molar-refractivity contribution in [3.05, 3.63) is 65.7 Å². The lowest BCUT2D eigenvalue weighted by Gasteiger charge is -2.15. The van der Waals surface area contributed by atoms with Crippen LogP contribution in [0.15, 0.2) is 54.6 Å². The summed E-state index contributed by atoms with van der Waals surface area (Å²) in [6.45, 7) is 2.03. The molecule has 1 amide bonds. The quantitative estimate of drug-likeness (QED) is 0.789. The standard InChI is InChI=1S/C17H18BrNO/c1-2-16(14-6-4-3-5-7-14)17(20)19-15-10-8-13(12-18)9-11-15/h3-11,16H,2,12H2,1H3,(H,19,20). The van der Waals surface area contributed by atoms with Crippen LogP contribution in [0.4, 0.5) is 5.69 Å². The van der Waals surface area contributed by atoms with E-state index < -0.39 is 0 Å². The Morgan fingerprint density at radius 1 is 1.10 bits per heavy atom. The molecular weight excluding hydrogens is 314 g/mol. The Bertz CT molecular complexity index is 551. The molecule has 104 valence electrons. The molecule has 0 saturated carbocycles. The first-order valence-corrected chi connectivity index (χ1v) is 7.87. The SMILES string of the molecule is CCC(C(=O)Nc1ccc(CBr)cc1)c1ccccc1. The van der Waals surface area contributed by atoms with E-state index in [1.54, 1.807) is 0 Å². The number of carbonyl (C=O) groups excluding carboxylic acids is 1. The molecule has 1 atom stereocenters. The van der Waals surface area contributed by atoms with Crippen LogP contribution in [-0.2, 0) is 10.1 Å². The molecule has 1 unspecified atom stereocenters. The topological polar surface area (TPSA) is 29.1 Å². The number of anilines is 1. The number of benzene rings is 2. The average Bonchev–Trinajstić information content (AvgIpc) is 2.50. The normalized spacial score (nSPS) is 11.9. The van der Waals surface area contributed by atoms with E-state index in [1.165, 1.54) is 5.56 Å². The highest BCUT2D eigenvalue weighted by Gasteiger charge is 2.18. The Morgan fingerprint density at radius 3 is 2.30 bits per heavy atom. The fourth-order valence-corrected chi connectivity index (χ4v) is 2.54. The van der Waals surface area contributed by atoms with Crippen LogP contribution in [0, 0.1) is 0 Å². The molecular formula is C17H18BrNO. The van der Waals surface area contributed by atoms with Gasteiger partial charge in [0.1, 0.15) is 0 Å². The zero-order valence-electron chi connectivity index (χ0n) is 11.5. The maximum absolute atomic E-state index is 12.4. The molecule has 1 N–H and O–H groups in total. The van der Waals surface area contributed by atoms with Gasteiger partial charge in [0.15, 0.2) is 0 Å². The molecule has 0 aliphatic heterocycles. The van der Waals surface area contributed by atoms with Gasteiger partial charge in [-0.05, 0) is 29.7 Å². The number of nitrogens with one attached hydrogen (secondary N) is 1. The van der Waals surface area contributed by atoms with E-state index in [-0.39, 0.29) is 11.8 Å². The van der Waals surface area contributed by atoms with Crippen LogP contribution in [0.1, 0.15) is 30.4 Å². The second-order valence-electron chi connectivity index (χ2n) is 4.69. The van der Waals surface area contributed by atoms with Crippen molar-refractivity contribution in [2.75, 3.05) is 5.32 Å². The Balaban J connectivity index is 2.09. The second kappa shape index (κ2) is 7.25. The molecule has 0 spiro atoms. The first kappa shape index (κ1) is 14.8. The molecule has 2 aromatic carbocycles. The molecule has 2 aromatic rings. The summed E-state index contributed by atoms with van der Waals surface area (Å²) in [4.78, 5) is 12.4. The minimum Gasteiger partial charge on any atom is -0.326 e. The van der Waals surface area contributed by atoms with Gasteiger partial charge in [0.25, 0.3) is 0 Å². The molecule has 0 radical (unpaired) electrons. The van der Waals surface area contributed by atoms with Gasteiger partial charge in [-0.25, -0.2) is 0 Å². The van der Waals surface area contributed by atoms with E-state index in [2.05, 4.69) is 21.2 Å². The third-order valence-corrected chi connectivity index (χ3v) is 3.95. The predicted molar refractivity (Wildman–Crippen MR) is 87.2 cm³/mol. The average molecular weight is 332 g/mol. The zero-order chi connectivity index (χ0) is 14.4. The van der Waals surface area contributed by atoms with Gasteiger partial charge in [0.2, 0.25) is 5.91 Å². The van der Waals surface area contributed by atoms with Gasteiger partial charge < -0.3 is 5.32 Å². The fraction of sp³-hybridized carbons (Fsp3) is 0.235. The molecule has 0 saturated heterocycles. The Hall–Kier alpha value is -1.61. The van der Waals surface area contributed by atoms with E-state index in [0.717, 1.165) is 23.0 Å². The van der Waals surface area contributed by atoms with Gasteiger partial charge in [-0.15, -0.1) is 0 Å². The lowest BCUT2D eigenvalue weighted by atomic mass is 9.95. The van der Waals surface area contributed by atoms with Crippen molar-refractivity contribution in [2.24, 2.45) is 0 Å². The highest BCUT2D eigenvalue weighted by Crippen LogP contribution is 2.21. The number of rotatable bonds is 5. The van der Waals surface area contributed by atoms with Crippen LogP contribution < -0.4 is 5.32 Å². The number of hydrogen-bond acceptors (Lipinski definition) is 1. The molecule has 0 heterocycles. The number of halogens is 1. The van der Waals surface area contributed by atoms with Gasteiger partial charge >= 0.3 is 0 Å². The van der Waals surface area contributed by atoms with Gasteiger partial charge in [-0.1, -0.05) is 65.3 Å². The van der Waals surface area contributed by atoms with Crippen molar-refractivity contribution in [3.8, 4) is 0 Å². The first-order chi connectivity index (χ1) is 9.74. The second-order valence-corrected chi connectivity index (χ2v) is 5.25. The molecule has 20 heavy (non-hydrogen) atoms. The van der Waals surface area contributed by atoms with Crippen molar-refractivity contribution in [2.45, 2.75) is 24.6 Å². The summed E-state index contributed by atoms with van der Waals surface area (Å²) in [5.41, 5.74) is 3.09. The summed E-state index contributed by atoms with van der Waals surface area (Å²) < 4.78 is 0. The van der Waals surface area contributed by atoms with Crippen LogP contribution >= 0.6 is 15.9 Å². The van der Waals surface area contributed by atoms with Crippen LogP contribution in [0.2, 0.25) is 0 Å². The third-order valence-electron chi connectivity index (χ3n) is 3.30. The summed E-state index contributed by atoms with van der Waals surface area (Å²) in [6.07, 6.45) is 0.787. The van der Waals surface area contributed by atoms with Gasteiger partial charge in [-0.2, -0.15) is 0 Å².